The third kappa shape index (κ3) is 5.09. The van der Waals surface area contributed by atoms with Gasteiger partial charge in [0.1, 0.15) is 0 Å². The van der Waals surface area contributed by atoms with Gasteiger partial charge in [0.05, 0.1) is 16.1 Å². The van der Waals surface area contributed by atoms with Crippen molar-refractivity contribution in [2.24, 2.45) is 0 Å². The first-order chi connectivity index (χ1) is 14.2. The predicted octanol–water partition coefficient (Wildman–Crippen LogP) is 4.26. The summed E-state index contributed by atoms with van der Waals surface area (Å²) in [5.41, 5.74) is 3.58. The Bertz CT molecular complexity index is 1130. The van der Waals surface area contributed by atoms with E-state index in [0.29, 0.717) is 0 Å². The number of carbonyl (C=O) groups is 1. The van der Waals surface area contributed by atoms with Crippen LogP contribution < -0.4 is 15.6 Å². The molecule has 0 aromatic heterocycles. The lowest BCUT2D eigenvalue weighted by atomic mass is 10.2. The van der Waals surface area contributed by atoms with Crippen molar-refractivity contribution >= 4 is 27.3 Å². The second-order valence-electron chi connectivity index (χ2n) is 6.12. The van der Waals surface area contributed by atoms with Gasteiger partial charge in [0.25, 0.3) is 15.9 Å². The Morgan fingerprint density at radius 3 is 2.03 bits per heavy atom. The molecule has 0 spiro atoms. The molecule has 10 heteroatoms. The minimum atomic E-state index is -4.58. The number of anilines is 2. The lowest BCUT2D eigenvalue weighted by Crippen LogP contribution is -2.30. The highest BCUT2D eigenvalue weighted by Crippen LogP contribution is 2.34. The molecule has 0 aliphatic heterocycles. The summed E-state index contributed by atoms with van der Waals surface area (Å²) in [7, 11) is -3.78. The van der Waals surface area contributed by atoms with Crippen LogP contribution in [-0.2, 0) is 16.2 Å². The van der Waals surface area contributed by atoms with E-state index in [0.717, 1.165) is 6.07 Å². The number of amides is 1. The molecule has 3 aromatic rings. The summed E-state index contributed by atoms with van der Waals surface area (Å²) in [6.45, 7) is 0. The van der Waals surface area contributed by atoms with Gasteiger partial charge in [-0.15, -0.1) is 0 Å². The highest BCUT2D eigenvalue weighted by molar-refractivity contribution is 7.92. The molecule has 156 valence electrons. The standard InChI is InChI=1S/C20H16F3N3O3S/c21-20(22,23)17-8-4-5-9-18(17)24-25-19(27)14-10-12-15(13-11-14)26-30(28,29)16-6-2-1-3-7-16/h1-13,24,26H,(H,25,27). The van der Waals surface area contributed by atoms with Crippen LogP contribution in [0, 0.1) is 0 Å². The number of hydrazine groups is 1. The molecule has 0 saturated heterocycles. The first kappa shape index (κ1) is 21.2. The molecule has 6 nitrogen and oxygen atoms in total. The van der Waals surface area contributed by atoms with Gasteiger partial charge in [-0.05, 0) is 48.5 Å². The molecule has 0 atom stereocenters. The van der Waals surface area contributed by atoms with Crippen molar-refractivity contribution in [3.63, 3.8) is 0 Å². The Hall–Kier alpha value is -3.53. The van der Waals surface area contributed by atoms with Crippen LogP contribution in [0.25, 0.3) is 0 Å². The zero-order valence-electron chi connectivity index (χ0n) is 15.3. The molecule has 30 heavy (non-hydrogen) atoms. The van der Waals surface area contributed by atoms with Crippen molar-refractivity contribution < 1.29 is 26.4 Å². The SMILES string of the molecule is O=C(NNc1ccccc1C(F)(F)F)c1ccc(NS(=O)(=O)c2ccccc2)cc1. The fourth-order valence-corrected chi connectivity index (χ4v) is 3.62. The van der Waals surface area contributed by atoms with Crippen LogP contribution in [-0.4, -0.2) is 14.3 Å². The van der Waals surface area contributed by atoms with Gasteiger partial charge in [0.15, 0.2) is 0 Å². The van der Waals surface area contributed by atoms with Crippen molar-refractivity contribution in [1.29, 1.82) is 0 Å². The van der Waals surface area contributed by atoms with Crippen LogP contribution in [0.2, 0.25) is 0 Å². The molecule has 0 saturated carbocycles. The number of benzene rings is 3. The number of rotatable bonds is 6. The number of alkyl halides is 3. The quantitative estimate of drug-likeness (QED) is 0.505. The van der Waals surface area contributed by atoms with E-state index in [4.69, 9.17) is 0 Å². The molecule has 0 bridgehead atoms. The van der Waals surface area contributed by atoms with E-state index in [-0.39, 0.29) is 21.8 Å². The maximum absolute atomic E-state index is 13.0. The molecular formula is C20H16F3N3O3S. The van der Waals surface area contributed by atoms with E-state index < -0.39 is 27.7 Å². The van der Waals surface area contributed by atoms with Crippen LogP contribution in [0.15, 0.2) is 83.8 Å². The minimum Gasteiger partial charge on any atom is -0.298 e. The van der Waals surface area contributed by atoms with E-state index in [2.05, 4.69) is 15.6 Å². The average Bonchev–Trinajstić information content (AvgIpc) is 2.72. The van der Waals surface area contributed by atoms with Gasteiger partial charge in [-0.2, -0.15) is 13.2 Å². The first-order valence-electron chi connectivity index (χ1n) is 8.57. The summed E-state index contributed by atoms with van der Waals surface area (Å²) in [6.07, 6.45) is -4.58. The van der Waals surface area contributed by atoms with Gasteiger partial charge in [-0.3, -0.25) is 20.4 Å². The Balaban J connectivity index is 1.66. The van der Waals surface area contributed by atoms with E-state index in [9.17, 15) is 26.4 Å². The van der Waals surface area contributed by atoms with Crippen molar-refractivity contribution in [2.75, 3.05) is 10.1 Å². The zero-order valence-corrected chi connectivity index (χ0v) is 16.1. The Labute approximate surface area is 170 Å². The number of hydrogen-bond acceptors (Lipinski definition) is 4. The van der Waals surface area contributed by atoms with Gasteiger partial charge in [0.2, 0.25) is 0 Å². The Kier molecular flexibility index (Phi) is 5.97. The summed E-state index contributed by atoms with van der Waals surface area (Å²) < 4.78 is 66.0. The summed E-state index contributed by atoms with van der Waals surface area (Å²) >= 11 is 0. The zero-order chi connectivity index (χ0) is 21.8. The van der Waals surface area contributed by atoms with E-state index in [1.54, 1.807) is 18.2 Å². The fraction of sp³-hybridized carbons (Fsp3) is 0.0500. The molecule has 0 radical (unpaired) electrons. The summed E-state index contributed by atoms with van der Waals surface area (Å²) in [5.74, 6) is -0.690. The van der Waals surface area contributed by atoms with Crippen LogP contribution in [0.5, 0.6) is 0 Å². The number of para-hydroxylation sites is 1. The monoisotopic (exact) mass is 435 g/mol. The molecule has 0 aliphatic rings. The van der Waals surface area contributed by atoms with Gasteiger partial charge < -0.3 is 0 Å². The molecule has 3 aromatic carbocycles. The number of halogens is 3. The van der Waals surface area contributed by atoms with E-state index >= 15 is 0 Å². The number of carbonyl (C=O) groups excluding carboxylic acids is 1. The third-order valence-corrected chi connectivity index (χ3v) is 5.39. The van der Waals surface area contributed by atoms with Gasteiger partial charge >= 0.3 is 6.18 Å². The van der Waals surface area contributed by atoms with Crippen molar-refractivity contribution in [1.82, 2.24) is 5.43 Å². The van der Waals surface area contributed by atoms with Crippen molar-refractivity contribution in [3.8, 4) is 0 Å². The highest BCUT2D eigenvalue weighted by Gasteiger charge is 2.33. The summed E-state index contributed by atoms with van der Waals surface area (Å²) in [4.78, 5) is 12.3. The lowest BCUT2D eigenvalue weighted by Gasteiger charge is -2.15. The maximum Gasteiger partial charge on any atom is 0.418 e. The molecule has 3 N–H and O–H groups in total. The molecular weight excluding hydrogens is 419 g/mol. The summed E-state index contributed by atoms with van der Waals surface area (Å²) in [6, 6.07) is 17.9. The van der Waals surface area contributed by atoms with Crippen molar-refractivity contribution in [3.05, 3.63) is 90.0 Å². The largest absolute Gasteiger partial charge is 0.418 e. The molecule has 3 rings (SSSR count). The second kappa shape index (κ2) is 8.46. The average molecular weight is 435 g/mol. The van der Waals surface area contributed by atoms with Crippen LogP contribution in [0.1, 0.15) is 15.9 Å². The first-order valence-corrected chi connectivity index (χ1v) is 10.1. The molecule has 0 aliphatic carbocycles. The molecule has 0 unspecified atom stereocenters. The fourth-order valence-electron chi connectivity index (χ4n) is 2.54. The topological polar surface area (TPSA) is 87.3 Å². The third-order valence-electron chi connectivity index (χ3n) is 4.00. The smallest absolute Gasteiger partial charge is 0.298 e. The number of sulfonamides is 1. The predicted molar refractivity (Wildman–Crippen MR) is 106 cm³/mol. The normalized spacial score (nSPS) is 11.6. The van der Waals surface area contributed by atoms with Crippen LogP contribution in [0.3, 0.4) is 0 Å². The Morgan fingerprint density at radius 2 is 1.40 bits per heavy atom. The molecule has 0 heterocycles. The second-order valence-corrected chi connectivity index (χ2v) is 7.80. The lowest BCUT2D eigenvalue weighted by molar-refractivity contribution is -0.137. The van der Waals surface area contributed by atoms with Gasteiger partial charge in [-0.25, -0.2) is 8.42 Å². The van der Waals surface area contributed by atoms with Crippen LogP contribution >= 0.6 is 0 Å². The number of hydrogen-bond donors (Lipinski definition) is 3. The van der Waals surface area contributed by atoms with Gasteiger partial charge in [0, 0.05) is 11.3 Å². The van der Waals surface area contributed by atoms with Crippen LogP contribution in [0.4, 0.5) is 24.5 Å². The maximum atomic E-state index is 13.0. The summed E-state index contributed by atoms with van der Waals surface area (Å²) in [5, 5.41) is 0. The number of nitrogens with one attached hydrogen (secondary N) is 3. The highest BCUT2D eigenvalue weighted by atomic mass is 32.2. The Morgan fingerprint density at radius 1 is 0.800 bits per heavy atom. The van der Waals surface area contributed by atoms with Crippen molar-refractivity contribution in [2.45, 2.75) is 11.1 Å². The van der Waals surface area contributed by atoms with E-state index in [1.165, 1.54) is 54.6 Å². The van der Waals surface area contributed by atoms with E-state index in [1.807, 2.05) is 0 Å². The minimum absolute atomic E-state index is 0.0827. The van der Waals surface area contributed by atoms with Gasteiger partial charge in [-0.1, -0.05) is 30.3 Å². The molecule has 0 fully saturated rings. The molecule has 1 amide bonds.